The van der Waals surface area contributed by atoms with Crippen LogP contribution in [-0.2, 0) is 0 Å². The molecule has 0 bridgehead atoms. The molecule has 3 rings (SSSR count). The summed E-state index contributed by atoms with van der Waals surface area (Å²) < 4.78 is 5.33. The van der Waals surface area contributed by atoms with Gasteiger partial charge in [-0.25, -0.2) is 10.1 Å². The SMILES string of the molecule is COc1sc(-c2ccc(Cl)cc2)nc1-c1nn[nH]c1C#N. The first kappa shape index (κ1) is 13.5. The van der Waals surface area contributed by atoms with Crippen molar-refractivity contribution in [2.75, 3.05) is 7.11 Å². The van der Waals surface area contributed by atoms with Gasteiger partial charge < -0.3 is 4.74 Å². The van der Waals surface area contributed by atoms with Gasteiger partial charge in [0.25, 0.3) is 0 Å². The summed E-state index contributed by atoms with van der Waals surface area (Å²) in [6.45, 7) is 0. The Morgan fingerprint density at radius 1 is 1.29 bits per heavy atom. The zero-order chi connectivity index (χ0) is 14.8. The summed E-state index contributed by atoms with van der Waals surface area (Å²) >= 11 is 7.25. The maximum Gasteiger partial charge on any atom is 0.204 e. The summed E-state index contributed by atoms with van der Waals surface area (Å²) in [6, 6.07) is 9.33. The van der Waals surface area contributed by atoms with Crippen molar-refractivity contribution in [3.05, 3.63) is 35.0 Å². The van der Waals surface area contributed by atoms with Gasteiger partial charge in [0, 0.05) is 10.6 Å². The highest BCUT2D eigenvalue weighted by molar-refractivity contribution is 7.17. The average molecular weight is 318 g/mol. The number of nitrogens with one attached hydrogen (secondary N) is 1. The molecule has 1 aromatic carbocycles. The Kier molecular flexibility index (Phi) is 3.56. The Morgan fingerprint density at radius 2 is 2.05 bits per heavy atom. The first-order valence-electron chi connectivity index (χ1n) is 5.85. The Bertz CT molecular complexity index is 818. The molecule has 0 fully saturated rings. The number of aromatic amines is 1. The molecule has 0 aliphatic heterocycles. The van der Waals surface area contributed by atoms with E-state index in [-0.39, 0.29) is 5.69 Å². The van der Waals surface area contributed by atoms with Gasteiger partial charge in [0.15, 0.2) is 11.4 Å². The molecule has 2 heterocycles. The van der Waals surface area contributed by atoms with E-state index >= 15 is 0 Å². The summed E-state index contributed by atoms with van der Waals surface area (Å²) in [6.07, 6.45) is 0. The van der Waals surface area contributed by atoms with Crippen molar-refractivity contribution < 1.29 is 4.74 Å². The quantitative estimate of drug-likeness (QED) is 0.801. The van der Waals surface area contributed by atoms with E-state index in [1.807, 2.05) is 18.2 Å². The number of benzene rings is 1. The second-order valence-electron chi connectivity index (χ2n) is 4.01. The smallest absolute Gasteiger partial charge is 0.204 e. The molecule has 0 aliphatic carbocycles. The summed E-state index contributed by atoms with van der Waals surface area (Å²) in [5.74, 6) is 0. The van der Waals surface area contributed by atoms with Crippen LogP contribution in [0.1, 0.15) is 5.69 Å². The third-order valence-corrected chi connectivity index (χ3v) is 4.08. The molecule has 1 N–H and O–H groups in total. The largest absolute Gasteiger partial charge is 0.486 e. The molecule has 21 heavy (non-hydrogen) atoms. The lowest BCUT2D eigenvalue weighted by atomic mass is 10.2. The number of halogens is 1. The van der Waals surface area contributed by atoms with Gasteiger partial charge in [-0.05, 0) is 12.1 Å². The fourth-order valence-corrected chi connectivity index (χ4v) is 2.80. The van der Waals surface area contributed by atoms with E-state index in [2.05, 4.69) is 20.4 Å². The van der Waals surface area contributed by atoms with Gasteiger partial charge >= 0.3 is 0 Å². The molecule has 6 nitrogen and oxygen atoms in total. The van der Waals surface area contributed by atoms with Crippen LogP contribution in [0.5, 0.6) is 5.06 Å². The maximum absolute atomic E-state index is 9.05. The van der Waals surface area contributed by atoms with E-state index in [1.54, 1.807) is 19.2 Å². The number of aromatic nitrogens is 4. The molecular weight excluding hydrogens is 310 g/mol. The molecule has 104 valence electrons. The van der Waals surface area contributed by atoms with Gasteiger partial charge in [0.2, 0.25) is 5.06 Å². The molecule has 0 unspecified atom stereocenters. The van der Waals surface area contributed by atoms with Crippen LogP contribution in [0.3, 0.4) is 0 Å². The molecule has 3 aromatic rings. The highest BCUT2D eigenvalue weighted by atomic mass is 35.5. The van der Waals surface area contributed by atoms with E-state index < -0.39 is 0 Å². The fraction of sp³-hybridized carbons (Fsp3) is 0.0769. The van der Waals surface area contributed by atoms with Gasteiger partial charge in [-0.3, -0.25) is 0 Å². The van der Waals surface area contributed by atoms with E-state index in [0.717, 1.165) is 10.6 Å². The number of hydrogen-bond donors (Lipinski definition) is 1. The highest BCUT2D eigenvalue weighted by Crippen LogP contribution is 2.39. The number of thiazole rings is 1. The van der Waals surface area contributed by atoms with Crippen LogP contribution in [0.25, 0.3) is 22.0 Å². The van der Waals surface area contributed by atoms with Gasteiger partial charge in [0.1, 0.15) is 16.8 Å². The first-order chi connectivity index (χ1) is 10.2. The van der Waals surface area contributed by atoms with Crippen molar-refractivity contribution in [3.63, 3.8) is 0 Å². The van der Waals surface area contributed by atoms with E-state index in [0.29, 0.717) is 21.5 Å². The lowest BCUT2D eigenvalue weighted by Gasteiger charge is -1.95. The lowest BCUT2D eigenvalue weighted by molar-refractivity contribution is 0.427. The number of nitrogens with zero attached hydrogens (tertiary/aromatic N) is 4. The van der Waals surface area contributed by atoms with E-state index in [4.69, 9.17) is 21.6 Å². The van der Waals surface area contributed by atoms with Gasteiger partial charge in [0.05, 0.1) is 7.11 Å². The lowest BCUT2D eigenvalue weighted by Crippen LogP contribution is -1.87. The predicted octanol–water partition coefficient (Wildman–Crippen LogP) is 3.13. The number of hydrogen-bond acceptors (Lipinski definition) is 6. The number of ether oxygens (including phenoxy) is 1. The Labute approximate surface area is 129 Å². The summed E-state index contributed by atoms with van der Waals surface area (Å²) in [5.41, 5.74) is 2.04. The average Bonchev–Trinajstić information content (AvgIpc) is 3.13. The molecule has 8 heteroatoms. The maximum atomic E-state index is 9.05. The number of nitriles is 1. The predicted molar refractivity (Wildman–Crippen MR) is 79.2 cm³/mol. The van der Waals surface area contributed by atoms with Crippen molar-refractivity contribution in [1.82, 2.24) is 20.4 Å². The minimum Gasteiger partial charge on any atom is -0.486 e. The summed E-state index contributed by atoms with van der Waals surface area (Å²) in [5, 5.41) is 21.1. The molecule has 0 atom stereocenters. The molecule has 0 saturated heterocycles. The normalized spacial score (nSPS) is 10.3. The molecular formula is C13H8ClN5OS. The number of methoxy groups -OCH3 is 1. The van der Waals surface area contributed by atoms with Crippen molar-refractivity contribution in [2.45, 2.75) is 0 Å². The third-order valence-electron chi connectivity index (χ3n) is 2.76. The zero-order valence-electron chi connectivity index (χ0n) is 10.8. The standard InChI is InChI=1S/C13H8ClN5OS/c1-20-13-11(10-9(6-15)17-19-18-10)16-12(21-13)7-2-4-8(14)5-3-7/h2-5H,1H3,(H,17,18,19). The van der Waals surface area contributed by atoms with Crippen LogP contribution in [0.4, 0.5) is 0 Å². The van der Waals surface area contributed by atoms with E-state index in [9.17, 15) is 0 Å². The Balaban J connectivity index is 2.11. The Morgan fingerprint density at radius 3 is 2.71 bits per heavy atom. The third kappa shape index (κ3) is 2.46. The molecule has 0 radical (unpaired) electrons. The number of rotatable bonds is 3. The van der Waals surface area contributed by atoms with E-state index in [1.165, 1.54) is 11.3 Å². The summed E-state index contributed by atoms with van der Waals surface area (Å²) in [7, 11) is 1.55. The van der Waals surface area contributed by atoms with Gasteiger partial charge in [-0.1, -0.05) is 40.3 Å². The molecule has 2 aromatic heterocycles. The Hall–Kier alpha value is -2.43. The first-order valence-corrected chi connectivity index (χ1v) is 7.04. The topological polar surface area (TPSA) is 87.5 Å². The van der Waals surface area contributed by atoms with Crippen LogP contribution in [-0.4, -0.2) is 27.5 Å². The molecule has 0 aliphatic rings. The van der Waals surface area contributed by atoms with Crippen LogP contribution < -0.4 is 4.74 Å². The van der Waals surface area contributed by atoms with Crippen molar-refractivity contribution in [2.24, 2.45) is 0 Å². The second-order valence-corrected chi connectivity index (χ2v) is 5.41. The fourth-order valence-electron chi connectivity index (χ4n) is 1.78. The van der Waals surface area contributed by atoms with Crippen molar-refractivity contribution in [1.29, 1.82) is 5.26 Å². The molecule has 0 amide bonds. The van der Waals surface area contributed by atoms with Crippen molar-refractivity contribution in [3.8, 4) is 33.1 Å². The number of H-pyrrole nitrogens is 1. The minimum atomic E-state index is 0.251. The van der Waals surface area contributed by atoms with Crippen LogP contribution in [0, 0.1) is 11.3 Å². The van der Waals surface area contributed by atoms with Crippen LogP contribution in [0.15, 0.2) is 24.3 Å². The molecule has 0 spiro atoms. The van der Waals surface area contributed by atoms with Gasteiger partial charge in [-0.2, -0.15) is 5.26 Å². The molecule has 0 saturated carbocycles. The van der Waals surface area contributed by atoms with Crippen LogP contribution >= 0.6 is 22.9 Å². The minimum absolute atomic E-state index is 0.251. The monoisotopic (exact) mass is 317 g/mol. The van der Waals surface area contributed by atoms with Crippen LogP contribution in [0.2, 0.25) is 5.02 Å². The van der Waals surface area contributed by atoms with Gasteiger partial charge in [-0.15, -0.1) is 5.10 Å². The highest BCUT2D eigenvalue weighted by Gasteiger charge is 2.20. The summed E-state index contributed by atoms with van der Waals surface area (Å²) in [4.78, 5) is 4.51. The zero-order valence-corrected chi connectivity index (χ0v) is 12.4. The second kappa shape index (κ2) is 5.52. The van der Waals surface area contributed by atoms with Crippen molar-refractivity contribution >= 4 is 22.9 Å².